The van der Waals surface area contributed by atoms with Crippen LogP contribution < -0.4 is 15.4 Å². The van der Waals surface area contributed by atoms with E-state index in [1.165, 1.54) is 6.07 Å². The van der Waals surface area contributed by atoms with Crippen molar-refractivity contribution in [3.05, 3.63) is 65.5 Å². The Hall–Kier alpha value is -2.40. The highest BCUT2D eigenvalue weighted by atomic mass is 19.1. The number of hydrogen-bond donors (Lipinski definition) is 2. The number of nitrogens with one attached hydrogen (secondary N) is 2. The lowest BCUT2D eigenvalue weighted by atomic mass is 9.96. The Morgan fingerprint density at radius 3 is 2.64 bits per heavy atom. The van der Waals surface area contributed by atoms with Crippen molar-refractivity contribution in [2.45, 2.75) is 37.5 Å². The van der Waals surface area contributed by atoms with Crippen LogP contribution in [0, 0.1) is 5.82 Å². The van der Waals surface area contributed by atoms with Crippen LogP contribution in [0.4, 0.5) is 4.39 Å². The minimum atomic E-state index is -0.384. The van der Waals surface area contributed by atoms with Gasteiger partial charge >= 0.3 is 0 Å². The van der Waals surface area contributed by atoms with Crippen LogP contribution in [-0.4, -0.2) is 18.0 Å². The molecule has 2 atom stereocenters. The maximum atomic E-state index is 13.6. The van der Waals surface area contributed by atoms with Crippen LogP contribution in [0.25, 0.3) is 0 Å². The van der Waals surface area contributed by atoms with Gasteiger partial charge in [0.1, 0.15) is 23.7 Å². The van der Waals surface area contributed by atoms with E-state index in [2.05, 4.69) is 10.6 Å². The molecular weight excluding hydrogens is 319 g/mol. The summed E-state index contributed by atoms with van der Waals surface area (Å²) < 4.78 is 19.3. The first-order valence-electron chi connectivity index (χ1n) is 8.68. The highest BCUT2D eigenvalue weighted by molar-refractivity contribution is 5.88. The van der Waals surface area contributed by atoms with Crippen LogP contribution in [0.5, 0.6) is 5.75 Å². The van der Waals surface area contributed by atoms with E-state index in [-0.39, 0.29) is 29.9 Å². The van der Waals surface area contributed by atoms with Gasteiger partial charge in [-0.1, -0.05) is 30.3 Å². The molecule has 1 amide bonds. The summed E-state index contributed by atoms with van der Waals surface area (Å²) in [4.78, 5) is 12.1. The molecule has 2 aliphatic rings. The molecular formula is C20H21FN2O2. The van der Waals surface area contributed by atoms with Gasteiger partial charge in [0.05, 0.1) is 0 Å². The van der Waals surface area contributed by atoms with Crippen molar-refractivity contribution in [1.82, 2.24) is 10.6 Å². The molecule has 4 rings (SSSR count). The molecule has 2 saturated heterocycles. The Morgan fingerprint density at radius 2 is 1.92 bits per heavy atom. The van der Waals surface area contributed by atoms with Gasteiger partial charge in [-0.3, -0.25) is 10.1 Å². The van der Waals surface area contributed by atoms with Crippen molar-refractivity contribution in [2.24, 2.45) is 0 Å². The molecule has 0 radical (unpaired) electrons. The summed E-state index contributed by atoms with van der Waals surface area (Å²) in [5.74, 6) is 0.576. The quantitative estimate of drug-likeness (QED) is 0.899. The Kier molecular flexibility index (Phi) is 4.17. The van der Waals surface area contributed by atoms with Crippen LogP contribution in [0.3, 0.4) is 0 Å². The van der Waals surface area contributed by atoms with Gasteiger partial charge in [0, 0.05) is 18.2 Å². The number of halogens is 1. The van der Waals surface area contributed by atoms with E-state index < -0.39 is 0 Å². The number of ether oxygens (including phenoxy) is 1. The van der Waals surface area contributed by atoms with E-state index in [0.29, 0.717) is 11.3 Å². The van der Waals surface area contributed by atoms with E-state index in [4.69, 9.17) is 4.74 Å². The molecule has 0 bridgehead atoms. The largest absolute Gasteiger partial charge is 0.489 e. The molecule has 2 fully saturated rings. The fraction of sp³-hybridized carbons (Fsp3) is 0.350. The number of benzene rings is 2. The van der Waals surface area contributed by atoms with Gasteiger partial charge in [-0.2, -0.15) is 0 Å². The Morgan fingerprint density at radius 1 is 1.12 bits per heavy atom. The molecule has 130 valence electrons. The molecule has 2 N–H and O–H groups in total. The Balaban J connectivity index is 1.39. The van der Waals surface area contributed by atoms with Crippen molar-refractivity contribution in [2.75, 3.05) is 6.54 Å². The first-order chi connectivity index (χ1) is 12.2. The van der Waals surface area contributed by atoms with Gasteiger partial charge in [-0.25, -0.2) is 4.39 Å². The molecule has 0 aromatic heterocycles. The molecule has 5 heteroatoms. The highest BCUT2D eigenvalue weighted by Crippen LogP contribution is 2.37. The highest BCUT2D eigenvalue weighted by Gasteiger charge is 2.47. The van der Waals surface area contributed by atoms with Crippen molar-refractivity contribution >= 4 is 5.91 Å². The fourth-order valence-corrected chi connectivity index (χ4v) is 3.74. The van der Waals surface area contributed by atoms with Gasteiger partial charge in [0.15, 0.2) is 0 Å². The topological polar surface area (TPSA) is 50.4 Å². The summed E-state index contributed by atoms with van der Waals surface area (Å²) in [6, 6.07) is 14.6. The molecule has 0 aliphatic carbocycles. The van der Waals surface area contributed by atoms with Crippen LogP contribution in [0.1, 0.15) is 36.4 Å². The number of hydrogen-bond acceptors (Lipinski definition) is 3. The summed E-state index contributed by atoms with van der Waals surface area (Å²) in [6.07, 6.45) is 2.67. The zero-order valence-corrected chi connectivity index (χ0v) is 13.9. The van der Waals surface area contributed by atoms with Gasteiger partial charge in [-0.05, 0) is 43.0 Å². The molecule has 2 heterocycles. The maximum Gasteiger partial charge on any atom is 0.240 e. The van der Waals surface area contributed by atoms with Gasteiger partial charge in [0.25, 0.3) is 0 Å². The van der Waals surface area contributed by atoms with Gasteiger partial charge in [-0.15, -0.1) is 0 Å². The first-order valence-corrected chi connectivity index (χ1v) is 8.68. The number of carbonyl (C=O) groups excluding carboxylic acids is 1. The molecule has 1 spiro atoms. The zero-order valence-electron chi connectivity index (χ0n) is 13.9. The van der Waals surface area contributed by atoms with E-state index in [1.807, 2.05) is 24.3 Å². The second kappa shape index (κ2) is 6.48. The van der Waals surface area contributed by atoms with E-state index >= 15 is 0 Å². The molecule has 2 aliphatic heterocycles. The lowest BCUT2D eigenvalue weighted by molar-refractivity contribution is -0.124. The molecule has 2 aromatic rings. The fourth-order valence-electron chi connectivity index (χ4n) is 3.74. The van der Waals surface area contributed by atoms with E-state index in [1.54, 1.807) is 18.2 Å². The van der Waals surface area contributed by atoms with Crippen LogP contribution in [-0.2, 0) is 11.4 Å². The SMILES string of the molecule is O=C1NCC[C@]12CCC(c1ccc(OCc3ccccc3F)cc1)N2. The molecule has 1 unspecified atom stereocenters. The van der Waals surface area contributed by atoms with Crippen molar-refractivity contribution in [3.8, 4) is 5.75 Å². The van der Waals surface area contributed by atoms with E-state index in [9.17, 15) is 9.18 Å². The number of carbonyl (C=O) groups is 1. The maximum absolute atomic E-state index is 13.6. The Labute approximate surface area is 146 Å². The second-order valence-corrected chi connectivity index (χ2v) is 6.77. The summed E-state index contributed by atoms with van der Waals surface area (Å²) in [7, 11) is 0. The van der Waals surface area contributed by atoms with Gasteiger partial charge < -0.3 is 10.1 Å². The van der Waals surface area contributed by atoms with Crippen LogP contribution in [0.2, 0.25) is 0 Å². The summed E-state index contributed by atoms with van der Waals surface area (Å²) >= 11 is 0. The summed E-state index contributed by atoms with van der Waals surface area (Å²) in [5, 5.41) is 6.43. The molecule has 4 nitrogen and oxygen atoms in total. The van der Waals surface area contributed by atoms with Crippen molar-refractivity contribution in [1.29, 1.82) is 0 Å². The van der Waals surface area contributed by atoms with Crippen molar-refractivity contribution in [3.63, 3.8) is 0 Å². The monoisotopic (exact) mass is 340 g/mol. The average Bonchev–Trinajstić information content (AvgIpc) is 3.22. The van der Waals surface area contributed by atoms with Gasteiger partial charge in [0.2, 0.25) is 5.91 Å². The van der Waals surface area contributed by atoms with Crippen LogP contribution in [0.15, 0.2) is 48.5 Å². The average molecular weight is 340 g/mol. The third kappa shape index (κ3) is 3.12. The standard InChI is InChI=1S/C20H21FN2O2/c21-17-4-2-1-3-15(17)13-25-16-7-5-14(6-8-16)18-9-10-20(23-18)11-12-22-19(20)24/h1-8,18,23H,9-13H2,(H,22,24)/t18?,20-/m1/s1. The number of amides is 1. The third-order valence-electron chi connectivity index (χ3n) is 5.22. The van der Waals surface area contributed by atoms with Crippen molar-refractivity contribution < 1.29 is 13.9 Å². The summed E-state index contributed by atoms with van der Waals surface area (Å²) in [6.45, 7) is 0.957. The third-order valence-corrected chi connectivity index (χ3v) is 5.22. The molecule has 0 saturated carbocycles. The van der Waals surface area contributed by atoms with E-state index in [0.717, 1.165) is 31.4 Å². The predicted octanol–water partition coefficient (Wildman–Crippen LogP) is 3.09. The first kappa shape index (κ1) is 16.1. The minimum Gasteiger partial charge on any atom is -0.489 e. The number of rotatable bonds is 4. The minimum absolute atomic E-state index is 0.125. The molecule has 2 aromatic carbocycles. The predicted molar refractivity (Wildman–Crippen MR) is 92.6 cm³/mol. The Bertz CT molecular complexity index is 778. The summed E-state index contributed by atoms with van der Waals surface area (Å²) in [5.41, 5.74) is 1.30. The smallest absolute Gasteiger partial charge is 0.240 e. The normalized spacial score (nSPS) is 25.3. The zero-order chi connectivity index (χ0) is 17.3. The molecule has 25 heavy (non-hydrogen) atoms. The lowest BCUT2D eigenvalue weighted by Crippen LogP contribution is -2.47. The lowest BCUT2D eigenvalue weighted by Gasteiger charge is -2.22. The van der Waals surface area contributed by atoms with Crippen LogP contribution >= 0.6 is 0 Å². The second-order valence-electron chi connectivity index (χ2n) is 6.77.